The SMILES string of the molecule is CCn1ncc(Br)c1C(N)Cc1ccc(Br)cc1. The number of rotatable bonds is 4. The number of aromatic nitrogens is 2. The quantitative estimate of drug-likeness (QED) is 0.889. The minimum absolute atomic E-state index is 0.0528. The van der Waals surface area contributed by atoms with E-state index in [9.17, 15) is 0 Å². The van der Waals surface area contributed by atoms with E-state index in [1.165, 1.54) is 5.56 Å². The highest BCUT2D eigenvalue weighted by molar-refractivity contribution is 9.10. The molecule has 1 aromatic heterocycles. The van der Waals surface area contributed by atoms with Gasteiger partial charge in [0, 0.05) is 11.0 Å². The van der Waals surface area contributed by atoms with Gasteiger partial charge in [-0.2, -0.15) is 5.10 Å². The van der Waals surface area contributed by atoms with Crippen LogP contribution in [0.3, 0.4) is 0 Å². The Balaban J connectivity index is 2.18. The standard InChI is InChI=1S/C13H15Br2N3/c1-2-18-13(11(15)8-17-18)12(16)7-9-3-5-10(14)6-4-9/h3-6,8,12H,2,7,16H2,1H3. The average molecular weight is 373 g/mol. The van der Waals surface area contributed by atoms with Gasteiger partial charge in [-0.05, 0) is 47.0 Å². The molecular weight excluding hydrogens is 358 g/mol. The van der Waals surface area contributed by atoms with E-state index < -0.39 is 0 Å². The molecule has 2 aromatic rings. The van der Waals surface area contributed by atoms with Gasteiger partial charge < -0.3 is 5.73 Å². The van der Waals surface area contributed by atoms with Crippen molar-refractivity contribution in [2.75, 3.05) is 0 Å². The molecule has 1 aromatic carbocycles. The largest absolute Gasteiger partial charge is 0.322 e. The lowest BCUT2D eigenvalue weighted by Crippen LogP contribution is -2.18. The molecule has 0 saturated heterocycles. The Bertz CT molecular complexity index is 520. The molecule has 1 unspecified atom stereocenters. The summed E-state index contributed by atoms with van der Waals surface area (Å²) in [4.78, 5) is 0. The molecule has 1 atom stereocenters. The van der Waals surface area contributed by atoms with Crippen LogP contribution in [0.5, 0.6) is 0 Å². The van der Waals surface area contributed by atoms with E-state index in [4.69, 9.17) is 5.73 Å². The third-order valence-electron chi connectivity index (χ3n) is 2.85. The third-order valence-corrected chi connectivity index (χ3v) is 3.99. The minimum Gasteiger partial charge on any atom is -0.322 e. The van der Waals surface area contributed by atoms with Gasteiger partial charge in [0.15, 0.2) is 0 Å². The first-order chi connectivity index (χ1) is 8.61. The lowest BCUT2D eigenvalue weighted by Gasteiger charge is -2.14. The fourth-order valence-corrected chi connectivity index (χ4v) is 2.82. The molecule has 0 aliphatic rings. The van der Waals surface area contributed by atoms with Crippen molar-refractivity contribution in [3.05, 3.63) is 50.7 Å². The van der Waals surface area contributed by atoms with E-state index in [0.29, 0.717) is 0 Å². The summed E-state index contributed by atoms with van der Waals surface area (Å²) in [5, 5.41) is 4.29. The van der Waals surface area contributed by atoms with Gasteiger partial charge in [0.1, 0.15) is 0 Å². The summed E-state index contributed by atoms with van der Waals surface area (Å²) in [7, 11) is 0. The maximum atomic E-state index is 6.28. The third kappa shape index (κ3) is 3.02. The molecule has 3 nitrogen and oxygen atoms in total. The molecule has 0 bridgehead atoms. The molecule has 18 heavy (non-hydrogen) atoms. The Morgan fingerprint density at radius 1 is 1.28 bits per heavy atom. The number of hydrogen-bond acceptors (Lipinski definition) is 2. The van der Waals surface area contributed by atoms with E-state index in [-0.39, 0.29) is 6.04 Å². The lowest BCUT2D eigenvalue weighted by atomic mass is 10.0. The average Bonchev–Trinajstić information content (AvgIpc) is 2.73. The van der Waals surface area contributed by atoms with Gasteiger partial charge in [-0.1, -0.05) is 28.1 Å². The molecule has 0 amide bonds. The second kappa shape index (κ2) is 5.99. The highest BCUT2D eigenvalue weighted by Gasteiger charge is 2.16. The zero-order valence-electron chi connectivity index (χ0n) is 10.1. The number of aryl methyl sites for hydroxylation is 1. The van der Waals surface area contributed by atoms with Crippen molar-refractivity contribution in [3.63, 3.8) is 0 Å². The number of benzene rings is 1. The number of nitrogens with two attached hydrogens (primary N) is 1. The summed E-state index contributed by atoms with van der Waals surface area (Å²) in [6, 6.07) is 8.19. The molecule has 0 fully saturated rings. The van der Waals surface area contributed by atoms with Crippen LogP contribution in [0.4, 0.5) is 0 Å². The molecular formula is C13H15Br2N3. The summed E-state index contributed by atoms with van der Waals surface area (Å²) >= 11 is 6.94. The molecule has 0 spiro atoms. The Labute approximate surface area is 124 Å². The van der Waals surface area contributed by atoms with E-state index in [1.807, 2.05) is 16.8 Å². The Morgan fingerprint density at radius 3 is 2.56 bits per heavy atom. The fraction of sp³-hybridized carbons (Fsp3) is 0.308. The first kappa shape index (κ1) is 13.8. The summed E-state index contributed by atoms with van der Waals surface area (Å²) in [5.41, 5.74) is 8.56. The van der Waals surface area contributed by atoms with Gasteiger partial charge in [-0.3, -0.25) is 4.68 Å². The maximum Gasteiger partial charge on any atom is 0.0696 e. The number of halogens is 2. The van der Waals surface area contributed by atoms with Crippen molar-refractivity contribution in [3.8, 4) is 0 Å². The highest BCUT2D eigenvalue weighted by Crippen LogP contribution is 2.24. The Morgan fingerprint density at radius 2 is 1.94 bits per heavy atom. The number of hydrogen-bond donors (Lipinski definition) is 1. The molecule has 0 radical (unpaired) electrons. The molecule has 2 N–H and O–H groups in total. The van der Waals surface area contributed by atoms with Gasteiger partial charge in [-0.25, -0.2) is 0 Å². The fourth-order valence-electron chi connectivity index (χ4n) is 1.96. The van der Waals surface area contributed by atoms with Gasteiger partial charge in [-0.15, -0.1) is 0 Å². The highest BCUT2D eigenvalue weighted by atomic mass is 79.9. The van der Waals surface area contributed by atoms with Crippen molar-refractivity contribution < 1.29 is 0 Å². The zero-order valence-corrected chi connectivity index (χ0v) is 13.3. The van der Waals surface area contributed by atoms with Crippen LogP contribution >= 0.6 is 31.9 Å². The summed E-state index contributed by atoms with van der Waals surface area (Å²) < 4.78 is 4.00. The van der Waals surface area contributed by atoms with Crippen LogP contribution in [0, 0.1) is 0 Å². The molecule has 0 saturated carbocycles. The predicted molar refractivity (Wildman–Crippen MR) is 80.4 cm³/mol. The van der Waals surface area contributed by atoms with Crippen LogP contribution in [0.25, 0.3) is 0 Å². The normalized spacial score (nSPS) is 12.7. The summed E-state index contributed by atoms with van der Waals surface area (Å²) in [6.45, 7) is 2.89. The lowest BCUT2D eigenvalue weighted by molar-refractivity contribution is 0.567. The van der Waals surface area contributed by atoms with Crippen molar-refractivity contribution in [2.45, 2.75) is 25.9 Å². The van der Waals surface area contributed by atoms with Crippen LogP contribution < -0.4 is 5.73 Å². The maximum absolute atomic E-state index is 6.28. The van der Waals surface area contributed by atoms with Gasteiger partial charge in [0.25, 0.3) is 0 Å². The molecule has 0 aliphatic heterocycles. The molecule has 1 heterocycles. The minimum atomic E-state index is -0.0528. The van der Waals surface area contributed by atoms with E-state index in [2.05, 4.69) is 56.0 Å². The van der Waals surface area contributed by atoms with Crippen LogP contribution in [0.15, 0.2) is 39.4 Å². The monoisotopic (exact) mass is 371 g/mol. The molecule has 5 heteroatoms. The van der Waals surface area contributed by atoms with Crippen LogP contribution in [0.1, 0.15) is 24.2 Å². The Kier molecular flexibility index (Phi) is 4.59. The second-order valence-corrected chi connectivity index (χ2v) is 5.90. The molecule has 2 rings (SSSR count). The van der Waals surface area contributed by atoms with Crippen molar-refractivity contribution >= 4 is 31.9 Å². The topological polar surface area (TPSA) is 43.8 Å². The Hall–Kier alpha value is -0.650. The predicted octanol–water partition coefficient (Wildman–Crippen LogP) is 3.67. The van der Waals surface area contributed by atoms with E-state index in [1.54, 1.807) is 6.20 Å². The molecule has 96 valence electrons. The smallest absolute Gasteiger partial charge is 0.0696 e. The van der Waals surface area contributed by atoms with Gasteiger partial charge >= 0.3 is 0 Å². The van der Waals surface area contributed by atoms with Gasteiger partial charge in [0.2, 0.25) is 0 Å². The zero-order chi connectivity index (χ0) is 13.1. The second-order valence-electron chi connectivity index (χ2n) is 4.13. The van der Waals surface area contributed by atoms with Gasteiger partial charge in [0.05, 0.1) is 22.4 Å². The van der Waals surface area contributed by atoms with Crippen LogP contribution in [-0.4, -0.2) is 9.78 Å². The molecule has 0 aliphatic carbocycles. The first-order valence-electron chi connectivity index (χ1n) is 5.83. The van der Waals surface area contributed by atoms with Crippen LogP contribution in [0.2, 0.25) is 0 Å². The van der Waals surface area contributed by atoms with E-state index >= 15 is 0 Å². The van der Waals surface area contributed by atoms with Crippen molar-refractivity contribution in [1.82, 2.24) is 9.78 Å². The summed E-state index contributed by atoms with van der Waals surface area (Å²) in [6.07, 6.45) is 2.61. The number of nitrogens with zero attached hydrogens (tertiary/aromatic N) is 2. The van der Waals surface area contributed by atoms with E-state index in [0.717, 1.165) is 27.6 Å². The first-order valence-corrected chi connectivity index (χ1v) is 7.41. The summed E-state index contributed by atoms with van der Waals surface area (Å²) in [5.74, 6) is 0. The van der Waals surface area contributed by atoms with Crippen molar-refractivity contribution in [2.24, 2.45) is 5.73 Å². The van der Waals surface area contributed by atoms with Crippen molar-refractivity contribution in [1.29, 1.82) is 0 Å². The van der Waals surface area contributed by atoms with Crippen LogP contribution in [-0.2, 0) is 13.0 Å².